The third-order valence-corrected chi connectivity index (χ3v) is 5.22. The molecule has 0 bridgehead atoms. The summed E-state index contributed by atoms with van der Waals surface area (Å²) in [5, 5.41) is 3.01. The lowest BCUT2D eigenvalue weighted by Gasteiger charge is -2.32. The van der Waals surface area contributed by atoms with Crippen LogP contribution in [-0.4, -0.2) is 56.0 Å². The molecule has 1 unspecified atom stereocenters. The molecule has 2 fully saturated rings. The van der Waals surface area contributed by atoms with Crippen molar-refractivity contribution in [1.82, 2.24) is 4.90 Å². The number of para-hydroxylation sites is 2. The fourth-order valence-electron chi connectivity index (χ4n) is 3.57. The number of urea groups is 1. The Morgan fingerprint density at radius 2 is 2.00 bits per heavy atom. The molecule has 0 saturated carbocycles. The average Bonchev–Trinajstić information content (AvgIpc) is 2.72. The molecule has 6 nitrogen and oxygen atoms in total. The third kappa shape index (κ3) is 6.38. The number of hydrogen-bond acceptors (Lipinski definition) is 4. The fourth-order valence-corrected chi connectivity index (χ4v) is 3.57. The lowest BCUT2D eigenvalue weighted by atomic mass is 10.1. The van der Waals surface area contributed by atoms with Gasteiger partial charge in [-0.25, -0.2) is 4.79 Å². The Labute approximate surface area is 168 Å². The number of carbonyl (C=O) groups is 1. The van der Waals surface area contributed by atoms with Crippen LogP contribution in [0.2, 0.25) is 0 Å². The van der Waals surface area contributed by atoms with E-state index >= 15 is 0 Å². The molecule has 2 saturated heterocycles. The topological polar surface area (TPSA) is 60.0 Å². The first-order chi connectivity index (χ1) is 13.6. The summed E-state index contributed by atoms with van der Waals surface area (Å²) >= 11 is 0. The molecule has 2 aliphatic rings. The number of ether oxygens (including phenoxy) is 3. The number of piperidine rings is 1. The summed E-state index contributed by atoms with van der Waals surface area (Å²) in [6.07, 6.45) is 5.52. The minimum absolute atomic E-state index is 0.0766. The molecule has 1 atom stereocenters. The van der Waals surface area contributed by atoms with Crippen LogP contribution in [0, 0.1) is 5.92 Å². The molecule has 1 aromatic rings. The van der Waals surface area contributed by atoms with Crippen molar-refractivity contribution in [3.05, 3.63) is 24.3 Å². The number of anilines is 1. The molecule has 0 spiro atoms. The number of hydrogen-bond donors (Lipinski definition) is 1. The second-order valence-corrected chi connectivity index (χ2v) is 8.14. The van der Waals surface area contributed by atoms with Crippen LogP contribution in [0.15, 0.2) is 24.3 Å². The minimum atomic E-state index is -0.0766. The van der Waals surface area contributed by atoms with Gasteiger partial charge in [-0.15, -0.1) is 0 Å². The summed E-state index contributed by atoms with van der Waals surface area (Å²) in [4.78, 5) is 14.5. The third-order valence-electron chi connectivity index (χ3n) is 5.22. The summed E-state index contributed by atoms with van der Waals surface area (Å²) in [5.74, 6) is 1.23. The highest BCUT2D eigenvalue weighted by Crippen LogP contribution is 2.26. The molecule has 6 heteroatoms. The van der Waals surface area contributed by atoms with Gasteiger partial charge in [-0.1, -0.05) is 26.0 Å². The summed E-state index contributed by atoms with van der Waals surface area (Å²) in [6, 6.07) is 7.53. The zero-order valence-electron chi connectivity index (χ0n) is 17.2. The van der Waals surface area contributed by atoms with Gasteiger partial charge in [-0.05, 0) is 50.2 Å². The molecule has 156 valence electrons. The highest BCUT2D eigenvalue weighted by molar-refractivity contribution is 5.91. The van der Waals surface area contributed by atoms with Gasteiger partial charge in [0.1, 0.15) is 12.4 Å². The van der Waals surface area contributed by atoms with E-state index in [0.29, 0.717) is 37.1 Å². The van der Waals surface area contributed by atoms with Crippen LogP contribution >= 0.6 is 0 Å². The van der Waals surface area contributed by atoms with E-state index < -0.39 is 0 Å². The van der Waals surface area contributed by atoms with Crippen molar-refractivity contribution in [3.63, 3.8) is 0 Å². The molecule has 0 aromatic heterocycles. The van der Waals surface area contributed by atoms with Crippen LogP contribution in [0.1, 0.15) is 46.0 Å². The lowest BCUT2D eigenvalue weighted by Crippen LogP contribution is -2.43. The number of carbonyl (C=O) groups excluding carboxylic acids is 1. The Hall–Kier alpha value is -1.79. The maximum atomic E-state index is 12.7. The molecule has 0 aliphatic carbocycles. The summed E-state index contributed by atoms with van der Waals surface area (Å²) in [5.41, 5.74) is 0.710. The first-order valence-electron chi connectivity index (χ1n) is 10.6. The van der Waals surface area contributed by atoms with Crippen LogP contribution in [0.5, 0.6) is 5.75 Å². The maximum absolute atomic E-state index is 12.7. The van der Waals surface area contributed by atoms with Crippen molar-refractivity contribution in [3.8, 4) is 5.75 Å². The first kappa shape index (κ1) is 20.9. The first-order valence-corrected chi connectivity index (χ1v) is 10.6. The Kier molecular flexibility index (Phi) is 7.98. The molecule has 3 rings (SSSR count). The van der Waals surface area contributed by atoms with E-state index in [0.717, 1.165) is 38.9 Å². The maximum Gasteiger partial charge on any atom is 0.321 e. The molecule has 2 aliphatic heterocycles. The van der Waals surface area contributed by atoms with Crippen LogP contribution in [-0.2, 0) is 9.47 Å². The van der Waals surface area contributed by atoms with Crippen molar-refractivity contribution in [2.45, 2.75) is 58.2 Å². The largest absolute Gasteiger partial charge is 0.489 e. The van der Waals surface area contributed by atoms with E-state index in [2.05, 4.69) is 19.2 Å². The highest BCUT2D eigenvalue weighted by Gasteiger charge is 2.24. The van der Waals surface area contributed by atoms with Crippen LogP contribution in [0.4, 0.5) is 10.5 Å². The second kappa shape index (κ2) is 10.7. The minimum Gasteiger partial charge on any atom is -0.489 e. The van der Waals surface area contributed by atoms with Crippen molar-refractivity contribution in [2.24, 2.45) is 5.92 Å². The zero-order chi connectivity index (χ0) is 19.8. The van der Waals surface area contributed by atoms with Gasteiger partial charge in [0.05, 0.1) is 17.9 Å². The molecule has 28 heavy (non-hydrogen) atoms. The summed E-state index contributed by atoms with van der Waals surface area (Å²) < 4.78 is 17.6. The predicted octanol–water partition coefficient (Wildman–Crippen LogP) is 4.30. The molecule has 0 radical (unpaired) electrons. The summed E-state index contributed by atoms with van der Waals surface area (Å²) in [7, 11) is 0. The van der Waals surface area contributed by atoms with Crippen molar-refractivity contribution in [1.29, 1.82) is 0 Å². The van der Waals surface area contributed by atoms with Crippen LogP contribution in [0.3, 0.4) is 0 Å². The van der Waals surface area contributed by atoms with Crippen LogP contribution in [0.25, 0.3) is 0 Å². The molecule has 1 aromatic carbocycles. The van der Waals surface area contributed by atoms with Gasteiger partial charge >= 0.3 is 6.03 Å². The van der Waals surface area contributed by atoms with Gasteiger partial charge in [0.25, 0.3) is 0 Å². The molecular formula is C22H34N2O4. The Morgan fingerprint density at radius 1 is 1.21 bits per heavy atom. The van der Waals surface area contributed by atoms with Crippen molar-refractivity contribution >= 4 is 11.7 Å². The number of nitrogens with zero attached hydrogens (tertiary/aromatic N) is 1. The van der Waals surface area contributed by atoms with E-state index in [9.17, 15) is 4.79 Å². The SMILES string of the molecule is CC(C)COC1CCN(C(=O)Nc2ccccc2OCC2CCCCO2)CC1. The van der Waals surface area contributed by atoms with Crippen molar-refractivity contribution < 1.29 is 19.0 Å². The van der Waals surface area contributed by atoms with E-state index in [1.165, 1.54) is 6.42 Å². The molecular weight excluding hydrogens is 356 g/mol. The average molecular weight is 391 g/mol. The molecule has 1 N–H and O–H groups in total. The number of benzene rings is 1. The number of likely N-dealkylation sites (tertiary alicyclic amines) is 1. The number of amides is 2. The number of nitrogens with one attached hydrogen (secondary N) is 1. The Bertz CT molecular complexity index is 608. The van der Waals surface area contributed by atoms with Gasteiger partial charge in [0, 0.05) is 26.3 Å². The highest BCUT2D eigenvalue weighted by atomic mass is 16.5. The Balaban J connectivity index is 1.47. The Morgan fingerprint density at radius 3 is 2.71 bits per heavy atom. The van der Waals surface area contributed by atoms with Crippen LogP contribution < -0.4 is 10.1 Å². The molecule has 2 heterocycles. The van der Waals surface area contributed by atoms with Gasteiger partial charge < -0.3 is 24.4 Å². The zero-order valence-corrected chi connectivity index (χ0v) is 17.2. The lowest BCUT2D eigenvalue weighted by molar-refractivity contribution is -0.0109. The van der Waals surface area contributed by atoms with Gasteiger partial charge in [-0.3, -0.25) is 0 Å². The normalized spacial score (nSPS) is 21.0. The van der Waals surface area contributed by atoms with E-state index in [1.54, 1.807) is 0 Å². The molecule has 2 amide bonds. The second-order valence-electron chi connectivity index (χ2n) is 8.14. The van der Waals surface area contributed by atoms with Gasteiger partial charge in [0.15, 0.2) is 0 Å². The van der Waals surface area contributed by atoms with E-state index in [1.807, 2.05) is 29.2 Å². The van der Waals surface area contributed by atoms with Gasteiger partial charge in [0.2, 0.25) is 0 Å². The van der Waals surface area contributed by atoms with Crippen molar-refractivity contribution in [2.75, 3.05) is 38.2 Å². The number of rotatable bonds is 7. The fraction of sp³-hybridized carbons (Fsp3) is 0.682. The smallest absolute Gasteiger partial charge is 0.321 e. The quantitative estimate of drug-likeness (QED) is 0.754. The monoisotopic (exact) mass is 390 g/mol. The predicted molar refractivity (Wildman–Crippen MR) is 110 cm³/mol. The summed E-state index contributed by atoms with van der Waals surface area (Å²) in [6.45, 7) is 7.85. The van der Waals surface area contributed by atoms with Gasteiger partial charge in [-0.2, -0.15) is 0 Å². The standard InChI is InChI=1S/C22H34N2O4/c1-17(2)15-27-18-10-12-24(13-11-18)22(25)23-20-8-3-4-9-21(20)28-16-19-7-5-6-14-26-19/h3-4,8-9,17-19H,5-7,10-16H2,1-2H3,(H,23,25). The van der Waals surface area contributed by atoms with E-state index in [-0.39, 0.29) is 18.2 Å². The van der Waals surface area contributed by atoms with E-state index in [4.69, 9.17) is 14.2 Å².